The zero-order valence-electron chi connectivity index (χ0n) is 20.1. The molecule has 1 N–H and O–H groups in total. The molecule has 3 amide bonds. The molecule has 5 nitrogen and oxygen atoms in total. The van der Waals surface area contributed by atoms with Gasteiger partial charge in [0, 0.05) is 29.6 Å². The number of urea groups is 1. The molecular formula is C30H29N3O2. The van der Waals surface area contributed by atoms with Crippen LogP contribution in [0.3, 0.4) is 0 Å². The van der Waals surface area contributed by atoms with E-state index in [0.717, 1.165) is 33.3 Å². The third-order valence-electron chi connectivity index (χ3n) is 7.52. The van der Waals surface area contributed by atoms with Gasteiger partial charge in [0.15, 0.2) is 0 Å². The Hall–Kier alpha value is -3.86. The lowest BCUT2D eigenvalue weighted by Crippen LogP contribution is -2.44. The Morgan fingerprint density at radius 2 is 1.63 bits per heavy atom. The number of nitrogens with one attached hydrogen (secondary N) is 1. The lowest BCUT2D eigenvalue weighted by atomic mass is 9.88. The molecule has 0 radical (unpaired) electrons. The lowest BCUT2D eigenvalue weighted by Gasteiger charge is -2.36. The Kier molecular flexibility index (Phi) is 5.21. The van der Waals surface area contributed by atoms with Crippen molar-refractivity contribution >= 4 is 22.8 Å². The number of aromatic nitrogens is 1. The van der Waals surface area contributed by atoms with E-state index in [1.807, 2.05) is 47.4 Å². The van der Waals surface area contributed by atoms with Crippen LogP contribution in [-0.4, -0.2) is 39.3 Å². The van der Waals surface area contributed by atoms with Crippen molar-refractivity contribution in [2.24, 2.45) is 0 Å². The number of benzene rings is 3. The van der Waals surface area contributed by atoms with Crippen molar-refractivity contribution in [3.63, 3.8) is 0 Å². The maximum Gasteiger partial charge on any atom is 0.328 e. The van der Waals surface area contributed by atoms with E-state index in [1.54, 1.807) is 0 Å². The number of carbonyl (C=O) groups is 2. The SMILES string of the molecule is CC(C)c1ccc([C@H]2c3[nH]c4ccccc4c3C[C@@H]3C(=O)N(CCc4ccccc4)C(=O)N23)cc1. The van der Waals surface area contributed by atoms with Gasteiger partial charge in [-0.1, -0.05) is 86.6 Å². The van der Waals surface area contributed by atoms with Crippen molar-refractivity contribution in [1.29, 1.82) is 0 Å². The second-order valence-corrected chi connectivity index (χ2v) is 9.92. The number of amides is 3. The molecule has 176 valence electrons. The number of rotatable bonds is 5. The standard InChI is InChI=1S/C30H29N3O2/c1-19(2)21-12-14-22(15-13-21)28-27-24(23-10-6-7-11-25(23)31-27)18-26-29(34)32(30(35)33(26)28)17-16-20-8-4-3-5-9-20/h3-15,19,26,28,31H,16-18H2,1-2H3/t26-,28+/m1/s1. The smallest absolute Gasteiger partial charge is 0.328 e. The zero-order valence-corrected chi connectivity index (χ0v) is 20.1. The predicted molar refractivity (Wildman–Crippen MR) is 137 cm³/mol. The highest BCUT2D eigenvalue weighted by Crippen LogP contribution is 2.44. The van der Waals surface area contributed by atoms with Gasteiger partial charge in [-0.3, -0.25) is 14.6 Å². The lowest BCUT2D eigenvalue weighted by molar-refractivity contribution is -0.128. The van der Waals surface area contributed by atoms with Gasteiger partial charge in [-0.2, -0.15) is 0 Å². The minimum absolute atomic E-state index is 0.0920. The maximum absolute atomic E-state index is 13.8. The number of H-pyrrole nitrogens is 1. The van der Waals surface area contributed by atoms with Gasteiger partial charge in [-0.25, -0.2) is 4.79 Å². The summed E-state index contributed by atoms with van der Waals surface area (Å²) in [7, 11) is 0. The topological polar surface area (TPSA) is 56.4 Å². The molecule has 0 saturated carbocycles. The van der Waals surface area contributed by atoms with Crippen LogP contribution in [0.4, 0.5) is 4.79 Å². The molecule has 2 aliphatic heterocycles. The van der Waals surface area contributed by atoms with E-state index >= 15 is 0 Å². The summed E-state index contributed by atoms with van der Waals surface area (Å²) >= 11 is 0. The number of fused-ring (bicyclic) bond motifs is 4. The first kappa shape index (κ1) is 21.7. The first-order valence-corrected chi connectivity index (χ1v) is 12.4. The molecule has 3 heterocycles. The van der Waals surface area contributed by atoms with Gasteiger partial charge in [0.2, 0.25) is 0 Å². The molecule has 4 aromatic rings. The fourth-order valence-electron chi connectivity index (χ4n) is 5.63. The minimum atomic E-state index is -0.486. The summed E-state index contributed by atoms with van der Waals surface area (Å²) in [6.07, 6.45) is 1.19. The molecule has 1 fully saturated rings. The summed E-state index contributed by atoms with van der Waals surface area (Å²) in [5, 5.41) is 1.13. The quantitative estimate of drug-likeness (QED) is 0.380. The number of hydrogen-bond acceptors (Lipinski definition) is 2. The van der Waals surface area contributed by atoms with Crippen LogP contribution in [-0.2, 0) is 17.6 Å². The van der Waals surface area contributed by atoms with Crippen LogP contribution >= 0.6 is 0 Å². The Labute approximate surface area is 205 Å². The highest BCUT2D eigenvalue weighted by Gasteiger charge is 2.52. The highest BCUT2D eigenvalue weighted by atomic mass is 16.2. The monoisotopic (exact) mass is 463 g/mol. The number of hydrogen-bond donors (Lipinski definition) is 1. The first-order valence-electron chi connectivity index (χ1n) is 12.4. The number of imide groups is 1. The van der Waals surface area contributed by atoms with Crippen LogP contribution in [0.15, 0.2) is 78.9 Å². The van der Waals surface area contributed by atoms with E-state index in [1.165, 1.54) is 10.5 Å². The summed E-state index contributed by atoms with van der Waals surface area (Å²) in [4.78, 5) is 34.3. The number of nitrogens with zero attached hydrogens (tertiary/aromatic N) is 2. The second-order valence-electron chi connectivity index (χ2n) is 9.92. The van der Waals surface area contributed by atoms with Crippen LogP contribution in [0.2, 0.25) is 0 Å². The van der Waals surface area contributed by atoms with Crippen molar-refractivity contribution in [1.82, 2.24) is 14.8 Å². The minimum Gasteiger partial charge on any atom is -0.356 e. The summed E-state index contributed by atoms with van der Waals surface area (Å²) in [5.74, 6) is 0.334. The molecule has 0 aliphatic carbocycles. The van der Waals surface area contributed by atoms with Gasteiger partial charge < -0.3 is 4.98 Å². The van der Waals surface area contributed by atoms with Crippen molar-refractivity contribution in [3.8, 4) is 0 Å². The van der Waals surface area contributed by atoms with Gasteiger partial charge in [0.05, 0.1) is 0 Å². The van der Waals surface area contributed by atoms with Crippen LogP contribution < -0.4 is 0 Å². The van der Waals surface area contributed by atoms with E-state index in [9.17, 15) is 9.59 Å². The summed E-state index contributed by atoms with van der Waals surface area (Å²) in [6, 6.07) is 25.7. The van der Waals surface area contributed by atoms with Crippen LogP contribution in [0.5, 0.6) is 0 Å². The molecule has 0 spiro atoms. The summed E-state index contributed by atoms with van der Waals surface area (Å²) in [6.45, 7) is 4.74. The normalized spacial score (nSPS) is 19.5. The Balaban J connectivity index is 1.41. The van der Waals surface area contributed by atoms with E-state index in [2.05, 4.69) is 55.2 Å². The molecule has 1 saturated heterocycles. The largest absolute Gasteiger partial charge is 0.356 e. The maximum atomic E-state index is 13.8. The molecule has 6 rings (SSSR count). The van der Waals surface area contributed by atoms with Crippen LogP contribution in [0.1, 0.15) is 53.8 Å². The molecule has 35 heavy (non-hydrogen) atoms. The van der Waals surface area contributed by atoms with Crippen LogP contribution in [0.25, 0.3) is 10.9 Å². The molecule has 1 aromatic heterocycles. The molecule has 0 unspecified atom stereocenters. The third-order valence-corrected chi connectivity index (χ3v) is 7.52. The molecule has 0 bridgehead atoms. The summed E-state index contributed by atoms with van der Waals surface area (Å²) in [5.41, 5.74) is 6.61. The first-order chi connectivity index (χ1) is 17.0. The van der Waals surface area contributed by atoms with Gasteiger partial charge in [-0.05, 0) is 40.7 Å². The van der Waals surface area contributed by atoms with E-state index in [0.29, 0.717) is 25.3 Å². The molecule has 3 aromatic carbocycles. The number of aromatic amines is 1. The van der Waals surface area contributed by atoms with E-state index < -0.39 is 6.04 Å². The van der Waals surface area contributed by atoms with Crippen molar-refractivity contribution in [2.45, 2.75) is 44.7 Å². The Morgan fingerprint density at radius 3 is 2.37 bits per heavy atom. The van der Waals surface area contributed by atoms with Gasteiger partial charge >= 0.3 is 6.03 Å². The van der Waals surface area contributed by atoms with Crippen molar-refractivity contribution in [3.05, 3.63) is 107 Å². The average molecular weight is 464 g/mol. The fraction of sp³-hybridized carbons (Fsp3) is 0.267. The molecule has 2 atom stereocenters. The van der Waals surface area contributed by atoms with Gasteiger partial charge in [-0.15, -0.1) is 0 Å². The predicted octanol–water partition coefficient (Wildman–Crippen LogP) is 5.81. The number of carbonyl (C=O) groups excluding carboxylic acids is 2. The van der Waals surface area contributed by atoms with Crippen molar-refractivity contribution in [2.75, 3.05) is 6.54 Å². The second kappa shape index (κ2) is 8.42. The highest BCUT2D eigenvalue weighted by molar-refractivity contribution is 6.05. The molecule has 5 heteroatoms. The number of para-hydroxylation sites is 1. The Bertz CT molecular complexity index is 1400. The third kappa shape index (κ3) is 3.54. The molecule has 2 aliphatic rings. The van der Waals surface area contributed by atoms with E-state index in [-0.39, 0.29) is 18.0 Å². The molecular weight excluding hydrogens is 434 g/mol. The average Bonchev–Trinajstić information content (AvgIpc) is 3.37. The Morgan fingerprint density at radius 1 is 0.914 bits per heavy atom. The fourth-order valence-corrected chi connectivity index (χ4v) is 5.63. The zero-order chi connectivity index (χ0) is 24.1. The van der Waals surface area contributed by atoms with Gasteiger partial charge in [0.1, 0.15) is 12.1 Å². The van der Waals surface area contributed by atoms with Crippen molar-refractivity contribution < 1.29 is 9.59 Å². The van der Waals surface area contributed by atoms with Crippen LogP contribution in [0, 0.1) is 0 Å². The van der Waals surface area contributed by atoms with Gasteiger partial charge in [0.25, 0.3) is 5.91 Å². The summed E-state index contributed by atoms with van der Waals surface area (Å²) < 4.78 is 0. The van der Waals surface area contributed by atoms with E-state index in [4.69, 9.17) is 0 Å².